The Morgan fingerprint density at radius 3 is 2.26 bits per heavy atom. The maximum absolute atomic E-state index is 13.0. The Bertz CT molecular complexity index is 1530. The molecule has 1 atom stereocenters. The van der Waals surface area contributed by atoms with E-state index in [-0.39, 0.29) is 28.1 Å². The van der Waals surface area contributed by atoms with Gasteiger partial charge in [-0.1, -0.05) is 45.2 Å². The number of piperidine rings is 1. The molecule has 1 fully saturated rings. The second-order valence-electron chi connectivity index (χ2n) is 8.82. The van der Waals surface area contributed by atoms with Crippen LogP contribution in [-0.2, 0) is 30.6 Å². The van der Waals surface area contributed by atoms with Crippen molar-refractivity contribution in [3.05, 3.63) is 86.8 Å². The van der Waals surface area contributed by atoms with Crippen molar-refractivity contribution in [2.75, 3.05) is 23.1 Å². The van der Waals surface area contributed by atoms with Crippen LogP contribution in [0, 0.1) is 5.92 Å². The topological polar surface area (TPSA) is 113 Å². The minimum Gasteiger partial charge on any atom is -0.326 e. The molecule has 0 aliphatic carbocycles. The van der Waals surface area contributed by atoms with Crippen LogP contribution in [0.3, 0.4) is 0 Å². The smallest absolute Gasteiger partial charge is 0.261 e. The van der Waals surface area contributed by atoms with Gasteiger partial charge in [0.1, 0.15) is 0 Å². The molecule has 1 heterocycles. The fraction of sp³-hybridized carbons (Fsp3) is 0.240. The molecule has 4 rings (SSSR count). The summed E-state index contributed by atoms with van der Waals surface area (Å²) in [5, 5.41) is 3.45. The van der Waals surface area contributed by atoms with E-state index in [9.17, 15) is 21.6 Å². The Morgan fingerprint density at radius 2 is 1.61 bits per heavy atom. The quantitative estimate of drug-likeness (QED) is 0.320. The van der Waals surface area contributed by atoms with Crippen LogP contribution in [0.4, 0.5) is 11.4 Å². The number of rotatable bonds is 8. The summed E-state index contributed by atoms with van der Waals surface area (Å²) in [5.74, 6) is -1.18. The molecule has 0 aromatic heterocycles. The van der Waals surface area contributed by atoms with Crippen molar-refractivity contribution in [1.29, 1.82) is 0 Å². The lowest BCUT2D eigenvalue weighted by Crippen LogP contribution is -2.44. The molecule has 13 heteroatoms. The van der Waals surface area contributed by atoms with Crippen molar-refractivity contribution in [3.63, 3.8) is 0 Å². The van der Waals surface area contributed by atoms with E-state index in [1.807, 2.05) is 0 Å². The summed E-state index contributed by atoms with van der Waals surface area (Å²) < 4.78 is 56.1. The lowest BCUT2D eigenvalue weighted by molar-refractivity contribution is -0.120. The summed E-state index contributed by atoms with van der Waals surface area (Å²) in [7, 11) is -7.53. The van der Waals surface area contributed by atoms with Gasteiger partial charge in [0.15, 0.2) is 0 Å². The summed E-state index contributed by atoms with van der Waals surface area (Å²) in [6, 6.07) is 17.1. The zero-order chi connectivity index (χ0) is 27.5. The van der Waals surface area contributed by atoms with Gasteiger partial charge in [-0.3, -0.25) is 9.52 Å². The Morgan fingerprint density at radius 1 is 0.947 bits per heavy atom. The molecule has 8 nitrogen and oxygen atoms in total. The number of carbonyl (C=O) groups excluding carboxylic acids is 1. The highest BCUT2D eigenvalue weighted by atomic mass is 79.9. The number of halogens is 3. The molecule has 1 saturated heterocycles. The first kappa shape index (κ1) is 28.8. The van der Waals surface area contributed by atoms with Crippen LogP contribution in [0.25, 0.3) is 0 Å². The van der Waals surface area contributed by atoms with Gasteiger partial charge in [-0.15, -0.1) is 0 Å². The third-order valence-corrected chi connectivity index (χ3v) is 10.3. The Kier molecular flexibility index (Phi) is 9.06. The van der Waals surface area contributed by atoms with Gasteiger partial charge in [0.2, 0.25) is 15.9 Å². The molecule has 1 aliphatic rings. The van der Waals surface area contributed by atoms with Gasteiger partial charge in [0.25, 0.3) is 10.0 Å². The van der Waals surface area contributed by atoms with E-state index >= 15 is 0 Å². The zero-order valence-corrected chi connectivity index (χ0v) is 24.6. The van der Waals surface area contributed by atoms with Crippen LogP contribution in [0.1, 0.15) is 18.4 Å². The van der Waals surface area contributed by atoms with Crippen molar-refractivity contribution in [2.24, 2.45) is 5.92 Å². The molecule has 3 aromatic rings. The number of nitrogens with one attached hydrogen (secondary N) is 2. The molecule has 0 bridgehead atoms. The minimum atomic E-state index is -3.82. The number of carbonyl (C=O) groups is 1. The average Bonchev–Trinajstić information content (AvgIpc) is 2.87. The maximum Gasteiger partial charge on any atom is 0.261 e. The molecule has 0 saturated carbocycles. The Balaban J connectivity index is 1.38. The van der Waals surface area contributed by atoms with Crippen LogP contribution >= 0.6 is 39.1 Å². The van der Waals surface area contributed by atoms with Gasteiger partial charge in [0.05, 0.1) is 16.6 Å². The van der Waals surface area contributed by atoms with Crippen LogP contribution < -0.4 is 10.0 Å². The summed E-state index contributed by atoms with van der Waals surface area (Å²) in [4.78, 5) is 13.0. The van der Waals surface area contributed by atoms with Crippen LogP contribution in [0.15, 0.2) is 76.1 Å². The number of hydrogen-bond acceptors (Lipinski definition) is 5. The van der Waals surface area contributed by atoms with E-state index in [2.05, 4.69) is 26.0 Å². The van der Waals surface area contributed by atoms with Gasteiger partial charge >= 0.3 is 0 Å². The number of anilines is 2. The molecule has 1 aliphatic heterocycles. The molecule has 0 radical (unpaired) electrons. The van der Waals surface area contributed by atoms with Crippen molar-refractivity contribution < 1.29 is 21.6 Å². The monoisotopic (exact) mass is 659 g/mol. The number of amides is 1. The molecule has 38 heavy (non-hydrogen) atoms. The third-order valence-electron chi connectivity index (χ3n) is 6.03. The second kappa shape index (κ2) is 11.9. The fourth-order valence-corrected chi connectivity index (χ4v) is 7.55. The predicted molar refractivity (Wildman–Crippen MR) is 153 cm³/mol. The first-order chi connectivity index (χ1) is 17.9. The standard InChI is InChI=1S/C25H24BrCl2N3O5S2/c26-19-4-7-22(8-5-19)30-38(35,36)23-11-9-21(10-12-23)29-25(32)17-2-1-13-31(15-17)37(33,34)16-18-3-6-20(27)14-24(18)28/h3-12,14,17,30H,1-2,13,15-16H2,(H,29,32)/t17-/m1/s1. The van der Waals surface area contributed by atoms with Crippen molar-refractivity contribution in [1.82, 2.24) is 4.31 Å². The number of nitrogens with zero attached hydrogens (tertiary/aromatic N) is 1. The maximum atomic E-state index is 13.0. The van der Waals surface area contributed by atoms with Gasteiger partial charge in [-0.25, -0.2) is 21.1 Å². The number of hydrogen-bond donors (Lipinski definition) is 2. The Hall–Kier alpha value is -2.15. The highest BCUT2D eigenvalue weighted by Crippen LogP contribution is 2.27. The molecule has 0 unspecified atom stereocenters. The molecule has 202 valence electrons. The number of sulfonamides is 2. The lowest BCUT2D eigenvalue weighted by Gasteiger charge is -2.31. The van der Waals surface area contributed by atoms with Crippen molar-refractivity contribution >= 4 is 76.5 Å². The largest absolute Gasteiger partial charge is 0.326 e. The van der Waals surface area contributed by atoms with Crippen molar-refractivity contribution in [2.45, 2.75) is 23.5 Å². The van der Waals surface area contributed by atoms with Gasteiger partial charge in [-0.2, -0.15) is 0 Å². The molecular weight excluding hydrogens is 637 g/mol. The van der Waals surface area contributed by atoms with Crippen LogP contribution in [-0.4, -0.2) is 40.1 Å². The first-order valence-electron chi connectivity index (χ1n) is 11.5. The average molecular weight is 661 g/mol. The third kappa shape index (κ3) is 7.28. The molecular formula is C25H24BrCl2N3O5S2. The van der Waals surface area contributed by atoms with Crippen LogP contribution in [0.5, 0.6) is 0 Å². The summed E-state index contributed by atoms with van der Waals surface area (Å²) in [6.07, 6.45) is 1.06. The lowest BCUT2D eigenvalue weighted by atomic mass is 9.99. The molecule has 0 spiro atoms. The normalized spacial score (nSPS) is 16.7. The van der Waals surface area contributed by atoms with Gasteiger partial charge < -0.3 is 5.32 Å². The Labute approximate surface area is 240 Å². The van der Waals surface area contributed by atoms with E-state index in [0.29, 0.717) is 41.3 Å². The molecule has 2 N–H and O–H groups in total. The van der Waals surface area contributed by atoms with E-state index in [0.717, 1.165) is 4.47 Å². The molecule has 1 amide bonds. The highest BCUT2D eigenvalue weighted by Gasteiger charge is 2.33. The highest BCUT2D eigenvalue weighted by molar-refractivity contribution is 9.10. The van der Waals surface area contributed by atoms with Gasteiger partial charge in [-0.05, 0) is 79.1 Å². The SMILES string of the molecule is O=C(Nc1ccc(S(=O)(=O)Nc2ccc(Br)cc2)cc1)[C@@H]1CCCN(S(=O)(=O)Cc2ccc(Cl)cc2Cl)C1. The van der Waals surface area contributed by atoms with E-state index in [1.165, 1.54) is 34.6 Å². The summed E-state index contributed by atoms with van der Waals surface area (Å²) >= 11 is 15.4. The molecule has 3 aromatic carbocycles. The zero-order valence-electron chi connectivity index (χ0n) is 19.9. The van der Waals surface area contributed by atoms with Crippen molar-refractivity contribution in [3.8, 4) is 0 Å². The van der Waals surface area contributed by atoms with E-state index in [4.69, 9.17) is 23.2 Å². The van der Waals surface area contributed by atoms with Crippen LogP contribution in [0.2, 0.25) is 10.0 Å². The minimum absolute atomic E-state index is 0.0363. The first-order valence-corrected chi connectivity index (χ1v) is 16.2. The summed E-state index contributed by atoms with van der Waals surface area (Å²) in [6.45, 7) is 0.359. The predicted octanol–water partition coefficient (Wildman–Crippen LogP) is 5.74. The van der Waals surface area contributed by atoms with E-state index < -0.39 is 26.0 Å². The number of benzene rings is 3. The van der Waals surface area contributed by atoms with E-state index in [1.54, 1.807) is 36.4 Å². The fourth-order valence-electron chi connectivity index (χ4n) is 4.03. The summed E-state index contributed by atoms with van der Waals surface area (Å²) in [5.41, 5.74) is 1.26. The van der Waals surface area contributed by atoms with Gasteiger partial charge in [0, 0.05) is 39.0 Å². The second-order valence-corrected chi connectivity index (χ2v) is 14.2.